The highest BCUT2D eigenvalue weighted by Crippen LogP contribution is 2.17. The number of aromatic nitrogens is 2. The van der Waals surface area contributed by atoms with E-state index in [0.717, 1.165) is 30.9 Å². The van der Waals surface area contributed by atoms with Gasteiger partial charge in [-0.15, -0.1) is 0 Å². The first-order valence-corrected chi connectivity index (χ1v) is 6.84. The van der Waals surface area contributed by atoms with Gasteiger partial charge in [0.1, 0.15) is 6.33 Å². The van der Waals surface area contributed by atoms with Gasteiger partial charge in [-0.2, -0.15) is 0 Å². The van der Waals surface area contributed by atoms with E-state index in [4.69, 9.17) is 0 Å². The number of amides is 1. The van der Waals surface area contributed by atoms with Crippen molar-refractivity contribution in [3.63, 3.8) is 0 Å². The molecule has 5 nitrogen and oxygen atoms in total. The molecule has 1 amide bonds. The first-order chi connectivity index (χ1) is 9.74. The molecule has 0 radical (unpaired) electrons. The van der Waals surface area contributed by atoms with Gasteiger partial charge in [0, 0.05) is 24.6 Å². The van der Waals surface area contributed by atoms with Crippen LogP contribution in [0.3, 0.4) is 0 Å². The Labute approximate surface area is 119 Å². The zero-order valence-corrected chi connectivity index (χ0v) is 11.9. The molecule has 0 atom stereocenters. The minimum absolute atomic E-state index is 0.200. The molecule has 0 aliphatic rings. The lowest BCUT2D eigenvalue weighted by atomic mass is 10.1. The minimum atomic E-state index is -0.200. The Morgan fingerprint density at radius 2 is 2.05 bits per heavy atom. The maximum Gasteiger partial charge on any atom is 0.331 e. The van der Waals surface area contributed by atoms with Crippen LogP contribution in [0.4, 0.5) is 10.5 Å². The highest BCUT2D eigenvalue weighted by molar-refractivity contribution is 5.91. The van der Waals surface area contributed by atoms with Gasteiger partial charge in [0.05, 0.1) is 0 Å². The number of imidazole rings is 1. The highest BCUT2D eigenvalue weighted by atomic mass is 16.2. The standard InChI is InChI=1S/C15H20N4O/c1-3-18(4-2)11-13-7-5-6-8-14(13)17-15(20)19-10-9-16-12-19/h5-10,12H,3-4,11H2,1-2H3,(H,17,20). The van der Waals surface area contributed by atoms with Crippen LogP contribution in [0.5, 0.6) is 0 Å². The molecule has 2 aromatic rings. The third-order valence-electron chi connectivity index (χ3n) is 3.29. The number of nitrogens with one attached hydrogen (secondary N) is 1. The summed E-state index contributed by atoms with van der Waals surface area (Å²) in [6, 6.07) is 7.69. The summed E-state index contributed by atoms with van der Waals surface area (Å²) in [7, 11) is 0. The number of nitrogens with zero attached hydrogens (tertiary/aromatic N) is 3. The van der Waals surface area contributed by atoms with Crippen molar-refractivity contribution < 1.29 is 4.79 Å². The molecule has 2 rings (SSSR count). The summed E-state index contributed by atoms with van der Waals surface area (Å²) >= 11 is 0. The second-order valence-corrected chi connectivity index (χ2v) is 4.52. The number of carbonyl (C=O) groups excluding carboxylic acids is 1. The van der Waals surface area contributed by atoms with Crippen molar-refractivity contribution in [3.8, 4) is 0 Å². The summed E-state index contributed by atoms with van der Waals surface area (Å²) in [5.74, 6) is 0. The molecule has 0 aliphatic carbocycles. The summed E-state index contributed by atoms with van der Waals surface area (Å²) in [4.78, 5) is 18.2. The molecule has 0 aliphatic heterocycles. The third-order valence-corrected chi connectivity index (χ3v) is 3.29. The van der Waals surface area contributed by atoms with Crippen LogP contribution >= 0.6 is 0 Å². The molecule has 106 valence electrons. The van der Waals surface area contributed by atoms with Crippen LogP contribution in [0.1, 0.15) is 19.4 Å². The van der Waals surface area contributed by atoms with Crippen LogP contribution in [0.15, 0.2) is 43.0 Å². The summed E-state index contributed by atoms with van der Waals surface area (Å²) in [5, 5.41) is 2.92. The fourth-order valence-corrected chi connectivity index (χ4v) is 2.03. The summed E-state index contributed by atoms with van der Waals surface area (Å²) in [5.41, 5.74) is 1.96. The van der Waals surface area contributed by atoms with Crippen LogP contribution in [0, 0.1) is 0 Å². The van der Waals surface area contributed by atoms with E-state index in [-0.39, 0.29) is 6.03 Å². The van der Waals surface area contributed by atoms with E-state index >= 15 is 0 Å². The Morgan fingerprint density at radius 1 is 1.30 bits per heavy atom. The molecule has 5 heteroatoms. The zero-order chi connectivity index (χ0) is 14.4. The largest absolute Gasteiger partial charge is 0.331 e. The summed E-state index contributed by atoms with van der Waals surface area (Å²) in [6.07, 6.45) is 4.70. The van der Waals surface area contributed by atoms with Gasteiger partial charge in [-0.25, -0.2) is 9.78 Å². The Kier molecular flexibility index (Phi) is 4.90. The lowest BCUT2D eigenvalue weighted by Crippen LogP contribution is -2.24. The quantitative estimate of drug-likeness (QED) is 0.910. The molecule has 0 bridgehead atoms. The molecular weight excluding hydrogens is 252 g/mol. The van der Waals surface area contributed by atoms with Crippen LogP contribution in [-0.2, 0) is 6.54 Å². The van der Waals surface area contributed by atoms with Gasteiger partial charge >= 0.3 is 6.03 Å². The topological polar surface area (TPSA) is 50.2 Å². The van der Waals surface area contributed by atoms with Crippen LogP contribution in [0.25, 0.3) is 0 Å². The number of anilines is 1. The number of hydrogen-bond donors (Lipinski definition) is 1. The second-order valence-electron chi connectivity index (χ2n) is 4.52. The lowest BCUT2D eigenvalue weighted by molar-refractivity contribution is 0.253. The van der Waals surface area contributed by atoms with Gasteiger partial charge in [-0.3, -0.25) is 9.47 Å². The van der Waals surface area contributed by atoms with Crippen molar-refractivity contribution in [2.75, 3.05) is 18.4 Å². The number of para-hydroxylation sites is 1. The van der Waals surface area contributed by atoms with Gasteiger partial charge in [0.15, 0.2) is 0 Å². The fraction of sp³-hybridized carbons (Fsp3) is 0.333. The lowest BCUT2D eigenvalue weighted by Gasteiger charge is -2.20. The Hall–Kier alpha value is -2.14. The monoisotopic (exact) mass is 272 g/mol. The predicted molar refractivity (Wildman–Crippen MR) is 79.7 cm³/mol. The van der Waals surface area contributed by atoms with Crippen LogP contribution in [0.2, 0.25) is 0 Å². The Balaban J connectivity index is 2.13. The van der Waals surface area contributed by atoms with E-state index in [1.54, 1.807) is 12.4 Å². The van der Waals surface area contributed by atoms with Gasteiger partial charge in [0.2, 0.25) is 0 Å². The van der Waals surface area contributed by atoms with E-state index < -0.39 is 0 Å². The predicted octanol–water partition coefficient (Wildman–Crippen LogP) is 2.81. The van der Waals surface area contributed by atoms with Crippen molar-refractivity contribution in [1.82, 2.24) is 14.5 Å². The molecule has 20 heavy (non-hydrogen) atoms. The van der Waals surface area contributed by atoms with Crippen LogP contribution in [-0.4, -0.2) is 33.6 Å². The van der Waals surface area contributed by atoms with Gasteiger partial charge < -0.3 is 5.32 Å². The second kappa shape index (κ2) is 6.86. The zero-order valence-electron chi connectivity index (χ0n) is 11.9. The SMILES string of the molecule is CCN(CC)Cc1ccccc1NC(=O)n1ccnc1. The molecule has 0 spiro atoms. The van der Waals surface area contributed by atoms with Gasteiger partial charge in [-0.1, -0.05) is 32.0 Å². The maximum absolute atomic E-state index is 12.1. The molecule has 1 aromatic carbocycles. The van der Waals surface area contributed by atoms with E-state index in [1.807, 2.05) is 24.3 Å². The number of hydrogen-bond acceptors (Lipinski definition) is 3. The molecule has 1 N–H and O–H groups in total. The van der Waals surface area contributed by atoms with E-state index in [2.05, 4.69) is 29.0 Å². The van der Waals surface area contributed by atoms with Crippen molar-refractivity contribution in [2.45, 2.75) is 20.4 Å². The average molecular weight is 272 g/mol. The Bertz CT molecular complexity index is 547. The van der Waals surface area contributed by atoms with E-state index in [9.17, 15) is 4.79 Å². The van der Waals surface area contributed by atoms with Crippen LogP contribution < -0.4 is 5.32 Å². The first kappa shape index (κ1) is 14.3. The summed E-state index contributed by atoms with van der Waals surface area (Å²) in [6.45, 7) is 7.07. The molecule has 0 saturated carbocycles. The van der Waals surface area contributed by atoms with Crippen molar-refractivity contribution in [1.29, 1.82) is 0 Å². The Morgan fingerprint density at radius 3 is 2.70 bits per heavy atom. The normalized spacial score (nSPS) is 10.8. The molecule has 0 fully saturated rings. The third kappa shape index (κ3) is 3.45. The smallest absolute Gasteiger partial charge is 0.307 e. The summed E-state index contributed by atoms with van der Waals surface area (Å²) < 4.78 is 1.42. The van der Waals surface area contributed by atoms with Crippen molar-refractivity contribution in [3.05, 3.63) is 48.5 Å². The maximum atomic E-state index is 12.1. The van der Waals surface area contributed by atoms with Gasteiger partial charge in [-0.05, 0) is 24.7 Å². The average Bonchev–Trinajstić information content (AvgIpc) is 3.00. The first-order valence-electron chi connectivity index (χ1n) is 6.84. The molecule has 1 heterocycles. The van der Waals surface area contributed by atoms with E-state index in [0.29, 0.717) is 0 Å². The van der Waals surface area contributed by atoms with Crippen molar-refractivity contribution in [2.24, 2.45) is 0 Å². The minimum Gasteiger partial charge on any atom is -0.307 e. The molecule has 0 unspecified atom stereocenters. The number of benzene rings is 1. The number of carbonyl (C=O) groups is 1. The molecular formula is C15H20N4O. The highest BCUT2D eigenvalue weighted by Gasteiger charge is 2.09. The molecule has 0 saturated heterocycles. The fourth-order valence-electron chi connectivity index (χ4n) is 2.03. The van der Waals surface area contributed by atoms with E-state index in [1.165, 1.54) is 10.9 Å². The number of rotatable bonds is 5. The molecule has 1 aromatic heterocycles. The van der Waals surface area contributed by atoms with Gasteiger partial charge in [0.25, 0.3) is 0 Å². The van der Waals surface area contributed by atoms with Crippen molar-refractivity contribution >= 4 is 11.7 Å².